The molecule has 1 aromatic carbocycles. The van der Waals surface area contributed by atoms with Gasteiger partial charge in [-0.3, -0.25) is 9.59 Å². The molecule has 0 aliphatic carbocycles. The summed E-state index contributed by atoms with van der Waals surface area (Å²) in [5.41, 5.74) is 2.35. The summed E-state index contributed by atoms with van der Waals surface area (Å²) in [5, 5.41) is 2.66. The number of rotatable bonds is 6. The molecule has 0 saturated carbocycles. The Labute approximate surface area is 109 Å². The van der Waals surface area contributed by atoms with Crippen molar-refractivity contribution in [1.29, 1.82) is 0 Å². The molecular weight excluding hydrogens is 226 g/mol. The molecule has 0 aliphatic rings. The molecule has 0 spiro atoms. The first-order chi connectivity index (χ1) is 8.49. The lowest BCUT2D eigenvalue weighted by Crippen LogP contribution is -2.31. The second kappa shape index (κ2) is 6.94. The average molecular weight is 247 g/mol. The van der Waals surface area contributed by atoms with Gasteiger partial charge in [0.1, 0.15) is 0 Å². The minimum Gasteiger partial charge on any atom is -0.349 e. The molecular formula is C15H21NO2. The molecule has 3 heteroatoms. The number of benzene rings is 1. The van der Waals surface area contributed by atoms with Crippen LogP contribution in [0.5, 0.6) is 0 Å². The van der Waals surface area contributed by atoms with E-state index in [0.717, 1.165) is 5.56 Å². The van der Waals surface area contributed by atoms with Gasteiger partial charge < -0.3 is 5.32 Å². The standard InChI is InChI=1S/C15H21NO2/c1-11(2)14(17)10-16-15(18)8-7-13-6-4-5-12(3)9-13/h4-6,9,11H,7-8,10H2,1-3H3,(H,16,18). The fourth-order valence-electron chi connectivity index (χ4n) is 1.60. The predicted molar refractivity (Wildman–Crippen MR) is 72.4 cm³/mol. The van der Waals surface area contributed by atoms with Gasteiger partial charge in [0.15, 0.2) is 5.78 Å². The van der Waals surface area contributed by atoms with Gasteiger partial charge in [-0.15, -0.1) is 0 Å². The Kier molecular flexibility index (Phi) is 5.56. The van der Waals surface area contributed by atoms with Gasteiger partial charge in [0.05, 0.1) is 6.54 Å². The van der Waals surface area contributed by atoms with Crippen LogP contribution in [0.3, 0.4) is 0 Å². The van der Waals surface area contributed by atoms with Crippen molar-refractivity contribution in [1.82, 2.24) is 5.32 Å². The number of hydrogen-bond donors (Lipinski definition) is 1. The molecule has 0 heterocycles. The van der Waals surface area contributed by atoms with Gasteiger partial charge in [0.25, 0.3) is 0 Å². The van der Waals surface area contributed by atoms with E-state index in [0.29, 0.717) is 12.8 Å². The van der Waals surface area contributed by atoms with Crippen molar-refractivity contribution >= 4 is 11.7 Å². The highest BCUT2D eigenvalue weighted by Gasteiger charge is 2.09. The van der Waals surface area contributed by atoms with Gasteiger partial charge in [-0.25, -0.2) is 0 Å². The summed E-state index contributed by atoms with van der Waals surface area (Å²) in [7, 11) is 0. The summed E-state index contributed by atoms with van der Waals surface area (Å²) < 4.78 is 0. The summed E-state index contributed by atoms with van der Waals surface area (Å²) in [6.45, 7) is 5.84. The maximum atomic E-state index is 11.6. The zero-order chi connectivity index (χ0) is 13.5. The van der Waals surface area contributed by atoms with Gasteiger partial charge in [-0.05, 0) is 18.9 Å². The topological polar surface area (TPSA) is 46.2 Å². The van der Waals surface area contributed by atoms with Crippen LogP contribution in [0.2, 0.25) is 0 Å². The van der Waals surface area contributed by atoms with Crippen molar-refractivity contribution in [2.75, 3.05) is 6.54 Å². The average Bonchev–Trinajstić information content (AvgIpc) is 2.33. The minimum atomic E-state index is -0.0643. The molecule has 0 aromatic heterocycles. The molecule has 18 heavy (non-hydrogen) atoms. The molecule has 1 amide bonds. The highest BCUT2D eigenvalue weighted by molar-refractivity contribution is 5.87. The number of ketones is 1. The van der Waals surface area contributed by atoms with Crippen molar-refractivity contribution in [3.8, 4) is 0 Å². The zero-order valence-corrected chi connectivity index (χ0v) is 11.3. The summed E-state index contributed by atoms with van der Waals surface area (Å²) in [4.78, 5) is 22.9. The van der Waals surface area contributed by atoms with E-state index in [1.807, 2.05) is 39.0 Å². The van der Waals surface area contributed by atoms with Crippen molar-refractivity contribution in [2.45, 2.75) is 33.6 Å². The molecule has 1 rings (SSSR count). The second-order valence-corrected chi connectivity index (χ2v) is 4.89. The fraction of sp³-hybridized carbons (Fsp3) is 0.467. The summed E-state index contributed by atoms with van der Waals surface area (Å²) >= 11 is 0. The molecule has 0 atom stereocenters. The molecule has 1 aromatic rings. The van der Waals surface area contributed by atoms with Gasteiger partial charge in [0.2, 0.25) is 5.91 Å². The Morgan fingerprint density at radius 1 is 1.28 bits per heavy atom. The van der Waals surface area contributed by atoms with Crippen LogP contribution in [0.15, 0.2) is 24.3 Å². The SMILES string of the molecule is Cc1cccc(CCC(=O)NCC(=O)C(C)C)c1. The third-order valence-electron chi connectivity index (χ3n) is 2.83. The summed E-state index contributed by atoms with van der Waals surface area (Å²) in [6, 6.07) is 8.11. The predicted octanol–water partition coefficient (Wildman–Crippen LogP) is 2.27. The van der Waals surface area contributed by atoms with Crippen LogP contribution in [0, 0.1) is 12.8 Å². The van der Waals surface area contributed by atoms with E-state index in [9.17, 15) is 9.59 Å². The van der Waals surface area contributed by atoms with Gasteiger partial charge >= 0.3 is 0 Å². The Balaban J connectivity index is 2.31. The number of hydrogen-bond acceptors (Lipinski definition) is 2. The van der Waals surface area contributed by atoms with Crippen molar-refractivity contribution in [2.24, 2.45) is 5.92 Å². The first-order valence-electron chi connectivity index (χ1n) is 6.34. The largest absolute Gasteiger partial charge is 0.349 e. The molecule has 3 nitrogen and oxygen atoms in total. The van der Waals surface area contributed by atoms with Gasteiger partial charge in [0, 0.05) is 12.3 Å². The number of carbonyl (C=O) groups excluding carboxylic acids is 2. The second-order valence-electron chi connectivity index (χ2n) is 4.89. The Morgan fingerprint density at radius 3 is 2.61 bits per heavy atom. The van der Waals surface area contributed by atoms with E-state index in [-0.39, 0.29) is 24.2 Å². The van der Waals surface area contributed by atoms with Gasteiger partial charge in [-0.1, -0.05) is 43.7 Å². The molecule has 0 fully saturated rings. The van der Waals surface area contributed by atoms with E-state index in [4.69, 9.17) is 0 Å². The lowest BCUT2D eigenvalue weighted by Gasteiger charge is -2.07. The van der Waals surface area contributed by atoms with E-state index in [1.54, 1.807) is 0 Å². The summed E-state index contributed by atoms with van der Waals surface area (Å²) in [5.74, 6) is -0.0218. The van der Waals surface area contributed by atoms with Crippen LogP contribution in [-0.2, 0) is 16.0 Å². The molecule has 98 valence electrons. The fourth-order valence-corrected chi connectivity index (χ4v) is 1.60. The van der Waals surface area contributed by atoms with Gasteiger partial charge in [-0.2, -0.15) is 0 Å². The number of carbonyl (C=O) groups is 2. The highest BCUT2D eigenvalue weighted by atomic mass is 16.2. The highest BCUT2D eigenvalue weighted by Crippen LogP contribution is 2.06. The third-order valence-corrected chi connectivity index (χ3v) is 2.83. The van der Waals surface area contributed by atoms with Crippen molar-refractivity contribution < 1.29 is 9.59 Å². The molecule has 0 unspecified atom stereocenters. The van der Waals surface area contributed by atoms with Crippen LogP contribution in [0.1, 0.15) is 31.4 Å². The maximum absolute atomic E-state index is 11.6. The number of aryl methyl sites for hydroxylation is 2. The van der Waals surface area contributed by atoms with Crippen LogP contribution < -0.4 is 5.32 Å². The molecule has 0 saturated heterocycles. The monoisotopic (exact) mass is 247 g/mol. The van der Waals surface area contributed by atoms with E-state index in [2.05, 4.69) is 11.4 Å². The molecule has 0 aliphatic heterocycles. The smallest absolute Gasteiger partial charge is 0.220 e. The van der Waals surface area contributed by atoms with Crippen molar-refractivity contribution in [3.05, 3.63) is 35.4 Å². The maximum Gasteiger partial charge on any atom is 0.220 e. The van der Waals surface area contributed by atoms with E-state index >= 15 is 0 Å². The number of nitrogens with one attached hydrogen (secondary N) is 1. The van der Waals surface area contributed by atoms with Crippen molar-refractivity contribution in [3.63, 3.8) is 0 Å². The number of amides is 1. The lowest BCUT2D eigenvalue weighted by atomic mass is 10.1. The van der Waals surface area contributed by atoms with E-state index in [1.165, 1.54) is 5.56 Å². The Hall–Kier alpha value is -1.64. The Morgan fingerprint density at radius 2 is 2.00 bits per heavy atom. The third kappa shape index (κ3) is 5.13. The van der Waals surface area contributed by atoms with Crippen LogP contribution >= 0.6 is 0 Å². The van der Waals surface area contributed by atoms with E-state index < -0.39 is 0 Å². The molecule has 0 bridgehead atoms. The quantitative estimate of drug-likeness (QED) is 0.838. The first-order valence-corrected chi connectivity index (χ1v) is 6.34. The zero-order valence-electron chi connectivity index (χ0n) is 11.3. The molecule has 0 radical (unpaired) electrons. The Bertz CT molecular complexity index is 424. The summed E-state index contributed by atoms with van der Waals surface area (Å²) in [6.07, 6.45) is 1.14. The lowest BCUT2D eigenvalue weighted by molar-refractivity contribution is -0.126. The molecule has 1 N–H and O–H groups in total. The normalized spacial score (nSPS) is 10.4. The number of Topliss-reactive ketones (excluding diaryl/α,β-unsaturated/α-hetero) is 1. The van der Waals surface area contributed by atoms with Crippen LogP contribution in [-0.4, -0.2) is 18.2 Å². The van der Waals surface area contributed by atoms with Crippen LogP contribution in [0.25, 0.3) is 0 Å². The minimum absolute atomic E-state index is 0.0259. The van der Waals surface area contributed by atoms with Crippen LogP contribution in [0.4, 0.5) is 0 Å². The first kappa shape index (κ1) is 14.4.